The van der Waals surface area contributed by atoms with Crippen molar-refractivity contribution in [1.29, 1.82) is 0 Å². The van der Waals surface area contributed by atoms with Gasteiger partial charge in [0.1, 0.15) is 5.75 Å². The standard InChI is InChI=1S/C15H15NO2/c1-11-3-2-4-13(9-11)12-5-7-14(8-6-12)18-10-15(16)17/h2-9H,10H2,1H3,(H2,16,17). The summed E-state index contributed by atoms with van der Waals surface area (Å²) < 4.78 is 5.21. The van der Waals surface area contributed by atoms with Gasteiger partial charge in [-0.05, 0) is 30.2 Å². The SMILES string of the molecule is Cc1cccc(-c2ccc(OCC(N)=O)cc2)c1. The van der Waals surface area contributed by atoms with Crippen LogP contribution >= 0.6 is 0 Å². The van der Waals surface area contributed by atoms with Crippen LogP contribution in [0.15, 0.2) is 48.5 Å². The summed E-state index contributed by atoms with van der Waals surface area (Å²) in [6.45, 7) is 1.97. The number of benzene rings is 2. The Morgan fingerprint density at radius 1 is 1.11 bits per heavy atom. The normalized spacial score (nSPS) is 10.1. The zero-order chi connectivity index (χ0) is 13.0. The van der Waals surface area contributed by atoms with E-state index in [0.717, 1.165) is 11.1 Å². The van der Waals surface area contributed by atoms with Crippen molar-refractivity contribution in [2.24, 2.45) is 5.73 Å². The minimum absolute atomic E-state index is 0.0935. The molecular weight excluding hydrogens is 226 g/mol. The quantitative estimate of drug-likeness (QED) is 0.894. The van der Waals surface area contributed by atoms with Gasteiger partial charge in [0.15, 0.2) is 6.61 Å². The van der Waals surface area contributed by atoms with Gasteiger partial charge in [0, 0.05) is 0 Å². The van der Waals surface area contributed by atoms with E-state index in [0.29, 0.717) is 5.75 Å². The molecule has 2 aromatic rings. The molecular formula is C15H15NO2. The Morgan fingerprint density at radius 3 is 2.44 bits per heavy atom. The molecule has 0 bridgehead atoms. The molecule has 0 fully saturated rings. The summed E-state index contributed by atoms with van der Waals surface area (Å²) in [5.41, 5.74) is 8.52. The highest BCUT2D eigenvalue weighted by Gasteiger charge is 2.00. The average Bonchev–Trinajstić information content (AvgIpc) is 2.37. The van der Waals surface area contributed by atoms with Gasteiger partial charge in [0.05, 0.1) is 0 Å². The molecule has 18 heavy (non-hydrogen) atoms. The lowest BCUT2D eigenvalue weighted by Gasteiger charge is -2.06. The lowest BCUT2D eigenvalue weighted by molar-refractivity contribution is -0.119. The molecule has 3 nitrogen and oxygen atoms in total. The Balaban J connectivity index is 2.14. The average molecular weight is 241 g/mol. The van der Waals surface area contributed by atoms with Crippen molar-refractivity contribution in [3.8, 4) is 16.9 Å². The fraction of sp³-hybridized carbons (Fsp3) is 0.133. The summed E-state index contributed by atoms with van der Waals surface area (Å²) in [5, 5.41) is 0. The lowest BCUT2D eigenvalue weighted by atomic mass is 10.0. The van der Waals surface area contributed by atoms with Crippen molar-refractivity contribution in [2.45, 2.75) is 6.92 Å². The Kier molecular flexibility index (Phi) is 3.63. The molecule has 0 atom stereocenters. The molecule has 3 heteroatoms. The molecule has 2 N–H and O–H groups in total. The molecule has 92 valence electrons. The molecule has 0 heterocycles. The monoisotopic (exact) mass is 241 g/mol. The molecule has 0 radical (unpaired) electrons. The van der Waals surface area contributed by atoms with Gasteiger partial charge < -0.3 is 10.5 Å². The van der Waals surface area contributed by atoms with E-state index in [1.807, 2.05) is 30.3 Å². The maximum Gasteiger partial charge on any atom is 0.255 e. The molecule has 2 aromatic carbocycles. The largest absolute Gasteiger partial charge is 0.484 e. The topological polar surface area (TPSA) is 52.3 Å². The van der Waals surface area contributed by atoms with Gasteiger partial charge in [-0.15, -0.1) is 0 Å². The Bertz CT molecular complexity index is 547. The first-order valence-corrected chi connectivity index (χ1v) is 5.73. The van der Waals surface area contributed by atoms with E-state index in [-0.39, 0.29) is 6.61 Å². The highest BCUT2D eigenvalue weighted by molar-refractivity contribution is 5.75. The zero-order valence-electron chi connectivity index (χ0n) is 10.2. The first-order chi connectivity index (χ1) is 8.65. The summed E-state index contributed by atoms with van der Waals surface area (Å²) in [7, 11) is 0. The second-order valence-electron chi connectivity index (χ2n) is 4.15. The highest BCUT2D eigenvalue weighted by atomic mass is 16.5. The first-order valence-electron chi connectivity index (χ1n) is 5.73. The number of hydrogen-bond donors (Lipinski definition) is 1. The van der Waals surface area contributed by atoms with E-state index in [4.69, 9.17) is 10.5 Å². The lowest BCUT2D eigenvalue weighted by Crippen LogP contribution is -2.19. The number of rotatable bonds is 4. The zero-order valence-corrected chi connectivity index (χ0v) is 10.2. The van der Waals surface area contributed by atoms with Crippen LogP contribution in [0.4, 0.5) is 0 Å². The van der Waals surface area contributed by atoms with Crippen LogP contribution in [0.3, 0.4) is 0 Å². The molecule has 0 aliphatic carbocycles. The van der Waals surface area contributed by atoms with Gasteiger partial charge in [-0.3, -0.25) is 4.79 Å². The van der Waals surface area contributed by atoms with Crippen LogP contribution < -0.4 is 10.5 Å². The van der Waals surface area contributed by atoms with Crippen LogP contribution in [0.5, 0.6) is 5.75 Å². The second kappa shape index (κ2) is 5.36. The molecule has 0 saturated heterocycles. The number of amides is 1. The Labute approximate surface area is 106 Å². The summed E-state index contributed by atoms with van der Waals surface area (Å²) in [6, 6.07) is 15.9. The van der Waals surface area contributed by atoms with Gasteiger partial charge in [0.25, 0.3) is 5.91 Å². The second-order valence-corrected chi connectivity index (χ2v) is 4.15. The van der Waals surface area contributed by atoms with Crippen LogP contribution in [0, 0.1) is 6.92 Å². The van der Waals surface area contributed by atoms with Crippen molar-refractivity contribution >= 4 is 5.91 Å². The minimum Gasteiger partial charge on any atom is -0.484 e. The van der Waals surface area contributed by atoms with Crippen LogP contribution in [0.2, 0.25) is 0 Å². The molecule has 0 spiro atoms. The minimum atomic E-state index is -0.474. The number of hydrogen-bond acceptors (Lipinski definition) is 2. The third kappa shape index (κ3) is 3.10. The Hall–Kier alpha value is -2.29. The molecule has 0 unspecified atom stereocenters. The number of nitrogens with two attached hydrogens (primary N) is 1. The third-order valence-electron chi connectivity index (χ3n) is 2.59. The highest BCUT2D eigenvalue weighted by Crippen LogP contribution is 2.23. The number of primary amides is 1. The number of carbonyl (C=O) groups is 1. The van der Waals surface area contributed by atoms with Gasteiger partial charge in [-0.25, -0.2) is 0 Å². The summed E-state index contributed by atoms with van der Waals surface area (Å²) in [6.07, 6.45) is 0. The summed E-state index contributed by atoms with van der Waals surface area (Å²) >= 11 is 0. The molecule has 2 rings (SSSR count). The van der Waals surface area contributed by atoms with Crippen LogP contribution in [0.1, 0.15) is 5.56 Å². The predicted octanol–water partition coefficient (Wildman–Crippen LogP) is 2.53. The summed E-state index contributed by atoms with van der Waals surface area (Å²) in [4.78, 5) is 10.6. The van der Waals surface area contributed by atoms with Gasteiger partial charge in [-0.2, -0.15) is 0 Å². The van der Waals surface area contributed by atoms with E-state index >= 15 is 0 Å². The van der Waals surface area contributed by atoms with E-state index in [1.54, 1.807) is 0 Å². The van der Waals surface area contributed by atoms with E-state index in [1.165, 1.54) is 5.56 Å². The maximum atomic E-state index is 10.6. The molecule has 1 amide bonds. The molecule has 0 aliphatic heterocycles. The van der Waals surface area contributed by atoms with Crippen molar-refractivity contribution in [3.63, 3.8) is 0 Å². The van der Waals surface area contributed by atoms with Crippen molar-refractivity contribution in [3.05, 3.63) is 54.1 Å². The van der Waals surface area contributed by atoms with Gasteiger partial charge in [-0.1, -0.05) is 42.0 Å². The predicted molar refractivity (Wildman–Crippen MR) is 71.3 cm³/mol. The third-order valence-corrected chi connectivity index (χ3v) is 2.59. The first kappa shape index (κ1) is 12.2. The smallest absolute Gasteiger partial charge is 0.255 e. The maximum absolute atomic E-state index is 10.6. The number of ether oxygens (including phenoxy) is 1. The van der Waals surface area contributed by atoms with Crippen molar-refractivity contribution < 1.29 is 9.53 Å². The van der Waals surface area contributed by atoms with Gasteiger partial charge in [0.2, 0.25) is 0 Å². The molecule has 0 aromatic heterocycles. The molecule has 0 saturated carbocycles. The van der Waals surface area contributed by atoms with E-state index < -0.39 is 5.91 Å². The fourth-order valence-corrected chi connectivity index (χ4v) is 1.72. The number of aryl methyl sites for hydroxylation is 1. The van der Waals surface area contributed by atoms with E-state index in [9.17, 15) is 4.79 Å². The number of carbonyl (C=O) groups excluding carboxylic acids is 1. The van der Waals surface area contributed by atoms with Gasteiger partial charge >= 0.3 is 0 Å². The Morgan fingerprint density at radius 2 is 1.83 bits per heavy atom. The molecule has 0 aliphatic rings. The van der Waals surface area contributed by atoms with Crippen LogP contribution in [0.25, 0.3) is 11.1 Å². The fourth-order valence-electron chi connectivity index (χ4n) is 1.72. The van der Waals surface area contributed by atoms with Crippen molar-refractivity contribution in [2.75, 3.05) is 6.61 Å². The summed E-state index contributed by atoms with van der Waals surface area (Å²) in [5.74, 6) is 0.169. The van der Waals surface area contributed by atoms with E-state index in [2.05, 4.69) is 25.1 Å². The van der Waals surface area contributed by atoms with Crippen LogP contribution in [-0.4, -0.2) is 12.5 Å². The van der Waals surface area contributed by atoms with Crippen molar-refractivity contribution in [1.82, 2.24) is 0 Å². The van der Waals surface area contributed by atoms with Crippen LogP contribution in [-0.2, 0) is 4.79 Å².